The molecule has 2 nitrogen and oxygen atoms in total. The van der Waals surface area contributed by atoms with Gasteiger partial charge in [-0.05, 0) is 60.9 Å². The number of halogens is 1. The van der Waals surface area contributed by atoms with Crippen LogP contribution in [-0.2, 0) is 11.2 Å². The van der Waals surface area contributed by atoms with Crippen LogP contribution in [0.1, 0.15) is 63.2 Å². The van der Waals surface area contributed by atoms with Crippen molar-refractivity contribution in [1.82, 2.24) is 0 Å². The molecule has 0 bridgehead atoms. The standard InChI is InChI=1S/C28H33ClO2/c1-3-10-22(11-4-2)27(30)28(23-16-18-25(29)19-17-23)31-26-15-9-8-14-24(26)20-21-12-6-5-7-13-21/h5-9,12,14-19,21-22,28H,3-4,10-11,13,20H2,1-2H3. The lowest BCUT2D eigenvalue weighted by atomic mass is 9.88. The van der Waals surface area contributed by atoms with Crippen LogP contribution in [0, 0.1) is 11.8 Å². The first-order valence-electron chi connectivity index (χ1n) is 11.5. The lowest BCUT2D eigenvalue weighted by Crippen LogP contribution is -2.27. The second-order valence-electron chi connectivity index (χ2n) is 8.35. The average Bonchev–Trinajstić information content (AvgIpc) is 2.79. The molecule has 0 saturated heterocycles. The highest BCUT2D eigenvalue weighted by Gasteiger charge is 2.30. The quantitative estimate of drug-likeness (QED) is 0.357. The summed E-state index contributed by atoms with van der Waals surface area (Å²) in [6, 6.07) is 15.6. The van der Waals surface area contributed by atoms with Crippen LogP contribution in [0.4, 0.5) is 0 Å². The first-order valence-corrected chi connectivity index (χ1v) is 11.9. The fourth-order valence-corrected chi connectivity index (χ4v) is 4.37. The molecule has 0 saturated carbocycles. The number of rotatable bonds is 11. The van der Waals surface area contributed by atoms with E-state index in [1.807, 2.05) is 42.5 Å². The van der Waals surface area contributed by atoms with Gasteiger partial charge in [0, 0.05) is 10.9 Å². The first kappa shape index (κ1) is 23.3. The van der Waals surface area contributed by atoms with Crippen LogP contribution in [0.15, 0.2) is 72.8 Å². The van der Waals surface area contributed by atoms with E-state index in [0.717, 1.165) is 55.4 Å². The Balaban J connectivity index is 1.89. The average molecular weight is 437 g/mol. The zero-order chi connectivity index (χ0) is 22.1. The smallest absolute Gasteiger partial charge is 0.182 e. The molecule has 0 N–H and O–H groups in total. The summed E-state index contributed by atoms with van der Waals surface area (Å²) in [6.45, 7) is 4.27. The lowest BCUT2D eigenvalue weighted by Gasteiger charge is -2.25. The van der Waals surface area contributed by atoms with Crippen molar-refractivity contribution in [3.8, 4) is 5.75 Å². The van der Waals surface area contributed by atoms with Gasteiger partial charge in [0.15, 0.2) is 11.9 Å². The number of hydrogen-bond donors (Lipinski definition) is 0. The van der Waals surface area contributed by atoms with Gasteiger partial charge in [-0.3, -0.25) is 4.79 Å². The van der Waals surface area contributed by atoms with Crippen LogP contribution in [0.2, 0.25) is 5.02 Å². The molecule has 2 atom stereocenters. The van der Waals surface area contributed by atoms with E-state index in [9.17, 15) is 4.79 Å². The Morgan fingerprint density at radius 3 is 2.39 bits per heavy atom. The zero-order valence-corrected chi connectivity index (χ0v) is 19.4. The van der Waals surface area contributed by atoms with Crippen molar-refractivity contribution in [2.45, 2.75) is 58.5 Å². The number of Topliss-reactive ketones (excluding diaryl/α,β-unsaturated/α-hetero) is 1. The van der Waals surface area contributed by atoms with Crippen molar-refractivity contribution in [3.05, 3.63) is 89.0 Å². The second kappa shape index (κ2) is 11.9. The summed E-state index contributed by atoms with van der Waals surface area (Å²) in [6.07, 6.45) is 13.7. The summed E-state index contributed by atoms with van der Waals surface area (Å²) >= 11 is 6.11. The fraction of sp³-hybridized carbons (Fsp3) is 0.393. The number of para-hydroxylation sites is 1. The summed E-state index contributed by atoms with van der Waals surface area (Å²) in [5.74, 6) is 1.42. The van der Waals surface area contributed by atoms with Crippen molar-refractivity contribution in [1.29, 1.82) is 0 Å². The maximum Gasteiger partial charge on any atom is 0.182 e. The number of allylic oxidation sites excluding steroid dienone is 4. The normalized spacial score (nSPS) is 16.5. The van der Waals surface area contributed by atoms with E-state index in [4.69, 9.17) is 16.3 Å². The van der Waals surface area contributed by atoms with E-state index >= 15 is 0 Å². The summed E-state index contributed by atoms with van der Waals surface area (Å²) in [4.78, 5) is 13.6. The molecule has 31 heavy (non-hydrogen) atoms. The van der Waals surface area contributed by atoms with Crippen LogP contribution < -0.4 is 4.74 Å². The number of benzene rings is 2. The van der Waals surface area contributed by atoms with Crippen molar-refractivity contribution in [2.75, 3.05) is 0 Å². The Morgan fingerprint density at radius 2 is 1.74 bits per heavy atom. The van der Waals surface area contributed by atoms with Crippen LogP contribution in [0.3, 0.4) is 0 Å². The van der Waals surface area contributed by atoms with Crippen molar-refractivity contribution in [3.63, 3.8) is 0 Å². The summed E-state index contributed by atoms with van der Waals surface area (Å²) in [7, 11) is 0. The summed E-state index contributed by atoms with van der Waals surface area (Å²) < 4.78 is 6.51. The largest absolute Gasteiger partial charge is 0.478 e. The summed E-state index contributed by atoms with van der Waals surface area (Å²) in [5, 5.41) is 0.658. The molecule has 3 heteroatoms. The minimum absolute atomic E-state index is 0.00857. The molecule has 2 aromatic rings. The Hall–Kier alpha value is -2.32. The van der Waals surface area contributed by atoms with Gasteiger partial charge >= 0.3 is 0 Å². The maximum atomic E-state index is 13.6. The number of carbonyl (C=O) groups is 1. The molecule has 0 radical (unpaired) electrons. The molecule has 0 amide bonds. The number of ether oxygens (including phenoxy) is 1. The molecule has 0 spiro atoms. The second-order valence-corrected chi connectivity index (χ2v) is 8.78. The van der Waals surface area contributed by atoms with E-state index in [2.05, 4.69) is 44.2 Å². The third-order valence-electron chi connectivity index (χ3n) is 5.88. The predicted molar refractivity (Wildman–Crippen MR) is 130 cm³/mol. The van der Waals surface area contributed by atoms with E-state index in [1.54, 1.807) is 0 Å². The van der Waals surface area contributed by atoms with Gasteiger partial charge in [-0.2, -0.15) is 0 Å². The maximum absolute atomic E-state index is 13.6. The predicted octanol–water partition coefficient (Wildman–Crippen LogP) is 7.92. The monoisotopic (exact) mass is 436 g/mol. The highest BCUT2D eigenvalue weighted by molar-refractivity contribution is 6.30. The molecular formula is C28H33ClO2. The van der Waals surface area contributed by atoms with E-state index in [0.29, 0.717) is 10.9 Å². The highest BCUT2D eigenvalue weighted by Crippen LogP contribution is 2.33. The van der Waals surface area contributed by atoms with Gasteiger partial charge in [0.1, 0.15) is 5.75 Å². The number of ketones is 1. The third-order valence-corrected chi connectivity index (χ3v) is 6.13. The zero-order valence-electron chi connectivity index (χ0n) is 18.6. The molecule has 2 aromatic carbocycles. The molecule has 1 aliphatic rings. The van der Waals surface area contributed by atoms with Gasteiger partial charge in [0.05, 0.1) is 0 Å². The minimum Gasteiger partial charge on any atom is -0.478 e. The van der Waals surface area contributed by atoms with Crippen molar-refractivity contribution < 1.29 is 9.53 Å². The Labute approximate surface area is 192 Å². The molecular weight excluding hydrogens is 404 g/mol. The molecule has 164 valence electrons. The minimum atomic E-state index is -0.622. The van der Waals surface area contributed by atoms with Crippen LogP contribution in [-0.4, -0.2) is 5.78 Å². The molecule has 0 fully saturated rings. The third kappa shape index (κ3) is 6.58. The fourth-order valence-electron chi connectivity index (χ4n) is 4.25. The van der Waals surface area contributed by atoms with Crippen LogP contribution >= 0.6 is 11.6 Å². The van der Waals surface area contributed by atoms with Crippen molar-refractivity contribution in [2.24, 2.45) is 11.8 Å². The number of carbonyl (C=O) groups excluding carboxylic acids is 1. The number of hydrogen-bond acceptors (Lipinski definition) is 2. The topological polar surface area (TPSA) is 26.3 Å². The van der Waals surface area contributed by atoms with Crippen molar-refractivity contribution >= 4 is 17.4 Å². The molecule has 0 aromatic heterocycles. The van der Waals surface area contributed by atoms with E-state index in [-0.39, 0.29) is 11.7 Å². The molecule has 1 aliphatic carbocycles. The van der Waals surface area contributed by atoms with Gasteiger partial charge in [0.2, 0.25) is 0 Å². The summed E-state index contributed by atoms with van der Waals surface area (Å²) in [5.41, 5.74) is 2.00. The van der Waals surface area contributed by atoms with Gasteiger partial charge in [-0.1, -0.05) is 92.9 Å². The molecule has 0 heterocycles. The van der Waals surface area contributed by atoms with Gasteiger partial charge in [-0.25, -0.2) is 0 Å². The van der Waals surface area contributed by atoms with Gasteiger partial charge in [-0.15, -0.1) is 0 Å². The Morgan fingerprint density at radius 1 is 1.03 bits per heavy atom. The first-order chi connectivity index (χ1) is 15.1. The SMILES string of the molecule is CCCC(CCC)C(=O)C(Oc1ccccc1CC1C=CC=CC1)c1ccc(Cl)cc1. The van der Waals surface area contributed by atoms with Gasteiger partial charge in [0.25, 0.3) is 0 Å². The van der Waals surface area contributed by atoms with Crippen LogP contribution in [0.25, 0.3) is 0 Å². The van der Waals surface area contributed by atoms with Gasteiger partial charge < -0.3 is 4.74 Å². The molecule has 2 unspecified atom stereocenters. The van der Waals surface area contributed by atoms with E-state index in [1.165, 1.54) is 0 Å². The lowest BCUT2D eigenvalue weighted by molar-refractivity contribution is -0.130. The Kier molecular flexibility index (Phi) is 8.97. The van der Waals surface area contributed by atoms with Crippen LogP contribution in [0.5, 0.6) is 5.75 Å². The molecule has 3 rings (SSSR count). The van der Waals surface area contributed by atoms with E-state index < -0.39 is 6.10 Å². The molecule has 0 aliphatic heterocycles. The highest BCUT2D eigenvalue weighted by atomic mass is 35.5. The Bertz CT molecular complexity index is 891.